The van der Waals surface area contributed by atoms with E-state index >= 15 is 0 Å². The van der Waals surface area contributed by atoms with E-state index in [0.717, 1.165) is 0 Å². The second-order valence-corrected chi connectivity index (χ2v) is 4.96. The molecule has 5 N–H and O–H groups in total. The fourth-order valence-electron chi connectivity index (χ4n) is 2.34. The van der Waals surface area contributed by atoms with Crippen LogP contribution in [0.15, 0.2) is 42.5 Å². The molecule has 0 aliphatic carbocycles. The molecule has 0 amide bonds. The molecule has 1 aromatic heterocycles. The molecule has 0 saturated heterocycles. The standard InChI is InChI=1S/C16H15FN4O2/c17-10-6-4-9(5-7-10)13(8-22)23-12-3-1-2-11-14(12)15(18)21-16(19)20-11/h1-7,13,22H,8H2,(H4,18,19,20,21). The van der Waals surface area contributed by atoms with Crippen molar-refractivity contribution in [2.24, 2.45) is 0 Å². The number of fused-ring (bicyclic) bond motifs is 1. The van der Waals surface area contributed by atoms with Crippen molar-refractivity contribution in [3.63, 3.8) is 0 Å². The number of ether oxygens (including phenoxy) is 1. The maximum atomic E-state index is 13.0. The molecule has 0 spiro atoms. The number of rotatable bonds is 4. The molecular formula is C16H15FN4O2. The Balaban J connectivity index is 2.01. The first-order valence-corrected chi connectivity index (χ1v) is 6.93. The lowest BCUT2D eigenvalue weighted by atomic mass is 10.1. The molecule has 0 aliphatic rings. The number of nitrogens with zero attached hydrogens (tertiary/aromatic N) is 2. The van der Waals surface area contributed by atoms with E-state index < -0.39 is 6.10 Å². The Morgan fingerprint density at radius 2 is 1.83 bits per heavy atom. The second kappa shape index (κ2) is 6.05. The predicted octanol–water partition coefficient (Wildman–Crippen LogP) is 2.05. The highest BCUT2D eigenvalue weighted by molar-refractivity contribution is 5.94. The van der Waals surface area contributed by atoms with E-state index in [2.05, 4.69) is 9.97 Å². The van der Waals surface area contributed by atoms with E-state index in [-0.39, 0.29) is 24.2 Å². The first kappa shape index (κ1) is 15.0. The lowest BCUT2D eigenvalue weighted by Crippen LogP contribution is -2.13. The molecule has 7 heteroatoms. The van der Waals surface area contributed by atoms with Gasteiger partial charge >= 0.3 is 0 Å². The van der Waals surface area contributed by atoms with Crippen LogP contribution in [-0.2, 0) is 0 Å². The first-order chi connectivity index (χ1) is 11.1. The normalized spacial score (nSPS) is 12.3. The molecule has 0 fully saturated rings. The minimum atomic E-state index is -0.668. The highest BCUT2D eigenvalue weighted by Gasteiger charge is 2.16. The third-order valence-corrected chi connectivity index (χ3v) is 3.41. The molecule has 0 aliphatic heterocycles. The first-order valence-electron chi connectivity index (χ1n) is 6.93. The van der Waals surface area contributed by atoms with Gasteiger partial charge in [0.05, 0.1) is 17.5 Å². The molecule has 0 bridgehead atoms. The van der Waals surface area contributed by atoms with E-state index in [0.29, 0.717) is 22.2 Å². The van der Waals surface area contributed by atoms with Crippen LogP contribution in [0.5, 0.6) is 5.75 Å². The maximum absolute atomic E-state index is 13.0. The molecule has 0 radical (unpaired) electrons. The number of benzene rings is 2. The van der Waals surface area contributed by atoms with E-state index in [4.69, 9.17) is 16.2 Å². The Morgan fingerprint density at radius 1 is 1.09 bits per heavy atom. The summed E-state index contributed by atoms with van der Waals surface area (Å²) < 4.78 is 18.9. The van der Waals surface area contributed by atoms with Crippen molar-refractivity contribution in [1.29, 1.82) is 0 Å². The van der Waals surface area contributed by atoms with E-state index in [1.165, 1.54) is 12.1 Å². The van der Waals surface area contributed by atoms with Crippen molar-refractivity contribution in [3.8, 4) is 5.75 Å². The van der Waals surface area contributed by atoms with Crippen LogP contribution in [0.4, 0.5) is 16.2 Å². The molecule has 23 heavy (non-hydrogen) atoms. The van der Waals surface area contributed by atoms with Crippen LogP contribution in [0, 0.1) is 5.82 Å². The number of aliphatic hydroxyl groups is 1. The molecule has 1 unspecified atom stereocenters. The number of anilines is 2. The van der Waals surface area contributed by atoms with Gasteiger partial charge in [0.1, 0.15) is 23.5 Å². The third kappa shape index (κ3) is 3.00. The Kier molecular flexibility index (Phi) is 3.94. The zero-order valence-electron chi connectivity index (χ0n) is 12.1. The van der Waals surface area contributed by atoms with Crippen LogP contribution in [0.2, 0.25) is 0 Å². The topological polar surface area (TPSA) is 107 Å². The van der Waals surface area contributed by atoms with Crippen molar-refractivity contribution >= 4 is 22.7 Å². The smallest absolute Gasteiger partial charge is 0.222 e. The predicted molar refractivity (Wildman–Crippen MR) is 85.2 cm³/mol. The summed E-state index contributed by atoms with van der Waals surface area (Å²) in [7, 11) is 0. The van der Waals surface area contributed by atoms with Crippen LogP contribution in [0.1, 0.15) is 11.7 Å². The van der Waals surface area contributed by atoms with Crippen LogP contribution < -0.4 is 16.2 Å². The Labute approximate surface area is 131 Å². The summed E-state index contributed by atoms with van der Waals surface area (Å²) in [6.45, 7) is -0.280. The van der Waals surface area contributed by atoms with Gasteiger partial charge in [-0.1, -0.05) is 18.2 Å². The molecule has 1 heterocycles. The lowest BCUT2D eigenvalue weighted by Gasteiger charge is -2.19. The maximum Gasteiger partial charge on any atom is 0.222 e. The molecular weight excluding hydrogens is 299 g/mol. The highest BCUT2D eigenvalue weighted by Crippen LogP contribution is 2.32. The van der Waals surface area contributed by atoms with Crippen molar-refractivity contribution in [2.45, 2.75) is 6.10 Å². The minimum Gasteiger partial charge on any atom is -0.482 e. The van der Waals surface area contributed by atoms with Crippen LogP contribution in [-0.4, -0.2) is 21.7 Å². The molecule has 118 valence electrons. The van der Waals surface area contributed by atoms with Gasteiger partial charge in [0.2, 0.25) is 5.95 Å². The number of aliphatic hydroxyl groups excluding tert-OH is 1. The van der Waals surface area contributed by atoms with E-state index in [9.17, 15) is 9.50 Å². The fraction of sp³-hybridized carbons (Fsp3) is 0.125. The molecule has 2 aromatic carbocycles. The van der Waals surface area contributed by atoms with Gasteiger partial charge in [-0.2, -0.15) is 4.98 Å². The van der Waals surface area contributed by atoms with Crippen molar-refractivity contribution in [1.82, 2.24) is 9.97 Å². The number of aromatic nitrogens is 2. The Morgan fingerprint density at radius 3 is 2.52 bits per heavy atom. The van der Waals surface area contributed by atoms with Gasteiger partial charge in [0.15, 0.2) is 0 Å². The van der Waals surface area contributed by atoms with Crippen molar-refractivity contribution in [3.05, 3.63) is 53.8 Å². The van der Waals surface area contributed by atoms with Gasteiger partial charge in [-0.15, -0.1) is 0 Å². The summed E-state index contributed by atoms with van der Waals surface area (Å²) in [5.74, 6) is 0.329. The average molecular weight is 314 g/mol. The lowest BCUT2D eigenvalue weighted by molar-refractivity contribution is 0.118. The molecule has 3 aromatic rings. The Hall–Kier alpha value is -2.93. The van der Waals surface area contributed by atoms with Gasteiger partial charge in [-0.25, -0.2) is 9.37 Å². The monoisotopic (exact) mass is 314 g/mol. The zero-order chi connectivity index (χ0) is 16.4. The van der Waals surface area contributed by atoms with Crippen molar-refractivity contribution < 1.29 is 14.2 Å². The van der Waals surface area contributed by atoms with E-state index in [1.54, 1.807) is 30.3 Å². The number of halogens is 1. The molecule has 6 nitrogen and oxygen atoms in total. The quantitative estimate of drug-likeness (QED) is 0.680. The molecule has 0 saturated carbocycles. The summed E-state index contributed by atoms with van der Waals surface area (Å²) in [5, 5.41) is 10.1. The van der Waals surface area contributed by atoms with Gasteiger partial charge in [-0.05, 0) is 29.8 Å². The average Bonchev–Trinajstić information content (AvgIpc) is 2.53. The number of nitrogen functional groups attached to an aromatic ring is 2. The Bertz CT molecular complexity index is 839. The second-order valence-electron chi connectivity index (χ2n) is 4.96. The van der Waals surface area contributed by atoms with E-state index in [1.807, 2.05) is 0 Å². The number of hydrogen-bond donors (Lipinski definition) is 3. The molecule has 3 rings (SSSR count). The minimum absolute atomic E-state index is 0.0735. The summed E-state index contributed by atoms with van der Waals surface area (Å²) >= 11 is 0. The summed E-state index contributed by atoms with van der Waals surface area (Å²) in [6, 6.07) is 10.9. The van der Waals surface area contributed by atoms with Crippen LogP contribution in [0.25, 0.3) is 10.9 Å². The fourth-order valence-corrected chi connectivity index (χ4v) is 2.34. The van der Waals surface area contributed by atoms with Gasteiger partial charge < -0.3 is 21.3 Å². The summed E-state index contributed by atoms with van der Waals surface area (Å²) in [4.78, 5) is 8.04. The van der Waals surface area contributed by atoms with Gasteiger partial charge in [-0.3, -0.25) is 0 Å². The highest BCUT2D eigenvalue weighted by atomic mass is 19.1. The largest absolute Gasteiger partial charge is 0.482 e. The third-order valence-electron chi connectivity index (χ3n) is 3.41. The van der Waals surface area contributed by atoms with Crippen molar-refractivity contribution in [2.75, 3.05) is 18.1 Å². The number of hydrogen-bond acceptors (Lipinski definition) is 6. The number of nitrogens with two attached hydrogens (primary N) is 2. The van der Waals surface area contributed by atoms with Crippen LogP contribution >= 0.6 is 0 Å². The van der Waals surface area contributed by atoms with Gasteiger partial charge in [0, 0.05) is 0 Å². The summed E-state index contributed by atoms with van der Waals surface area (Å²) in [6.07, 6.45) is -0.668. The van der Waals surface area contributed by atoms with Gasteiger partial charge in [0.25, 0.3) is 0 Å². The zero-order valence-corrected chi connectivity index (χ0v) is 12.1. The SMILES string of the molecule is Nc1nc(N)c2c(OC(CO)c3ccc(F)cc3)cccc2n1. The molecule has 1 atom stereocenters. The summed E-state index contributed by atoms with van der Waals surface area (Å²) in [5.41, 5.74) is 12.7. The van der Waals surface area contributed by atoms with Crippen LogP contribution in [0.3, 0.4) is 0 Å².